The lowest BCUT2D eigenvalue weighted by molar-refractivity contribution is -0.140. The normalized spacial score (nSPS) is 16.0. The predicted octanol–water partition coefficient (Wildman–Crippen LogP) is 3.24. The lowest BCUT2D eigenvalue weighted by atomic mass is 10.0. The van der Waals surface area contributed by atoms with Gasteiger partial charge >= 0.3 is 0 Å². The number of carbonyl (C=O) groups is 1. The minimum atomic E-state index is -0.750. The molecule has 5 heteroatoms. The van der Waals surface area contributed by atoms with Crippen LogP contribution in [0.5, 0.6) is 5.75 Å². The molecular formula is C17H22N2O3. The van der Waals surface area contributed by atoms with Gasteiger partial charge in [-0.1, -0.05) is 0 Å². The van der Waals surface area contributed by atoms with E-state index in [2.05, 4.69) is 11.4 Å². The van der Waals surface area contributed by atoms with Crippen molar-refractivity contribution in [1.82, 2.24) is 0 Å². The van der Waals surface area contributed by atoms with Crippen LogP contribution >= 0.6 is 0 Å². The molecule has 118 valence electrons. The summed E-state index contributed by atoms with van der Waals surface area (Å²) >= 11 is 0. The SMILES string of the molecule is CCOc1ccc(NC(=O)C2(OCC)CCCC2)c(C#N)c1. The van der Waals surface area contributed by atoms with E-state index in [-0.39, 0.29) is 5.91 Å². The van der Waals surface area contributed by atoms with Crippen molar-refractivity contribution in [3.05, 3.63) is 23.8 Å². The molecule has 1 saturated carbocycles. The first kappa shape index (κ1) is 16.3. The summed E-state index contributed by atoms with van der Waals surface area (Å²) in [4.78, 5) is 12.6. The van der Waals surface area contributed by atoms with Gasteiger partial charge in [-0.3, -0.25) is 4.79 Å². The van der Waals surface area contributed by atoms with Gasteiger partial charge < -0.3 is 14.8 Å². The Bertz CT molecular complexity index is 572. The first-order valence-electron chi connectivity index (χ1n) is 7.77. The van der Waals surface area contributed by atoms with Crippen LogP contribution in [0.1, 0.15) is 45.1 Å². The molecule has 1 N–H and O–H groups in total. The molecule has 0 aliphatic heterocycles. The van der Waals surface area contributed by atoms with Gasteiger partial charge in [0.1, 0.15) is 17.4 Å². The Labute approximate surface area is 131 Å². The summed E-state index contributed by atoms with van der Waals surface area (Å²) in [6.45, 7) is 4.81. The van der Waals surface area contributed by atoms with E-state index in [4.69, 9.17) is 9.47 Å². The highest BCUT2D eigenvalue weighted by Gasteiger charge is 2.42. The van der Waals surface area contributed by atoms with Crippen molar-refractivity contribution < 1.29 is 14.3 Å². The Morgan fingerprint density at radius 3 is 2.64 bits per heavy atom. The smallest absolute Gasteiger partial charge is 0.256 e. The van der Waals surface area contributed by atoms with E-state index in [1.807, 2.05) is 13.8 Å². The van der Waals surface area contributed by atoms with Crippen molar-refractivity contribution in [2.24, 2.45) is 0 Å². The summed E-state index contributed by atoms with van der Waals surface area (Å²) < 4.78 is 11.1. The highest BCUT2D eigenvalue weighted by atomic mass is 16.5. The summed E-state index contributed by atoms with van der Waals surface area (Å²) in [5, 5.41) is 12.1. The Morgan fingerprint density at radius 1 is 1.32 bits per heavy atom. The maximum atomic E-state index is 12.6. The molecule has 0 aromatic heterocycles. The topological polar surface area (TPSA) is 71.3 Å². The van der Waals surface area contributed by atoms with Crippen LogP contribution in [-0.4, -0.2) is 24.7 Å². The molecule has 2 rings (SSSR count). The summed E-state index contributed by atoms with van der Waals surface area (Å²) in [5.41, 5.74) is 0.144. The molecule has 1 aromatic rings. The van der Waals surface area contributed by atoms with Crippen LogP contribution in [0.4, 0.5) is 5.69 Å². The van der Waals surface area contributed by atoms with Crippen LogP contribution in [0.3, 0.4) is 0 Å². The second-order valence-electron chi connectivity index (χ2n) is 5.34. The van der Waals surface area contributed by atoms with Crippen molar-refractivity contribution in [3.63, 3.8) is 0 Å². The van der Waals surface area contributed by atoms with Crippen molar-refractivity contribution in [2.45, 2.75) is 45.1 Å². The maximum Gasteiger partial charge on any atom is 0.256 e. The minimum absolute atomic E-state index is 0.160. The molecule has 22 heavy (non-hydrogen) atoms. The fraction of sp³-hybridized carbons (Fsp3) is 0.529. The standard InChI is InChI=1S/C17H22N2O3/c1-3-21-14-7-8-15(13(11-14)12-18)19-16(20)17(22-4-2)9-5-6-10-17/h7-8,11H,3-6,9-10H2,1-2H3,(H,19,20). The molecule has 1 fully saturated rings. The number of rotatable bonds is 6. The van der Waals surface area contributed by atoms with E-state index >= 15 is 0 Å². The molecule has 5 nitrogen and oxygen atoms in total. The second-order valence-corrected chi connectivity index (χ2v) is 5.34. The zero-order valence-corrected chi connectivity index (χ0v) is 13.1. The number of anilines is 1. The third-order valence-corrected chi connectivity index (χ3v) is 3.92. The Hall–Kier alpha value is -2.06. The Kier molecular flexibility index (Phi) is 5.40. The number of amides is 1. The summed E-state index contributed by atoms with van der Waals surface area (Å²) in [6, 6.07) is 7.20. The summed E-state index contributed by atoms with van der Waals surface area (Å²) in [6.07, 6.45) is 3.43. The van der Waals surface area contributed by atoms with E-state index in [1.54, 1.807) is 18.2 Å². The van der Waals surface area contributed by atoms with Gasteiger partial charge in [0.15, 0.2) is 0 Å². The van der Waals surface area contributed by atoms with Gasteiger partial charge in [-0.25, -0.2) is 0 Å². The lowest BCUT2D eigenvalue weighted by Gasteiger charge is -2.27. The molecule has 0 heterocycles. The number of ether oxygens (including phenoxy) is 2. The largest absolute Gasteiger partial charge is 0.494 e. The van der Waals surface area contributed by atoms with Gasteiger partial charge in [-0.05, 0) is 57.7 Å². The monoisotopic (exact) mass is 302 g/mol. The lowest BCUT2D eigenvalue weighted by Crippen LogP contribution is -2.43. The summed E-state index contributed by atoms with van der Waals surface area (Å²) in [7, 11) is 0. The zero-order chi connectivity index (χ0) is 16.0. The number of nitrogens with zero attached hydrogens (tertiary/aromatic N) is 1. The highest BCUT2D eigenvalue weighted by molar-refractivity contribution is 5.98. The minimum Gasteiger partial charge on any atom is -0.494 e. The molecule has 0 atom stereocenters. The van der Waals surface area contributed by atoms with Gasteiger partial charge in [-0.2, -0.15) is 5.26 Å². The molecular weight excluding hydrogens is 280 g/mol. The van der Waals surface area contributed by atoms with Crippen molar-refractivity contribution in [2.75, 3.05) is 18.5 Å². The van der Waals surface area contributed by atoms with Crippen LogP contribution in [0, 0.1) is 11.3 Å². The first-order valence-corrected chi connectivity index (χ1v) is 7.77. The van der Waals surface area contributed by atoms with Gasteiger partial charge in [0, 0.05) is 6.61 Å². The average Bonchev–Trinajstić information content (AvgIpc) is 2.99. The van der Waals surface area contributed by atoms with E-state index in [0.717, 1.165) is 25.7 Å². The molecule has 0 bridgehead atoms. The summed E-state index contributed by atoms with van der Waals surface area (Å²) in [5.74, 6) is 0.463. The third kappa shape index (κ3) is 3.40. The fourth-order valence-electron chi connectivity index (χ4n) is 2.88. The van der Waals surface area contributed by atoms with Crippen LogP contribution in [0.25, 0.3) is 0 Å². The molecule has 1 aromatic carbocycles. The average molecular weight is 302 g/mol. The van der Waals surface area contributed by atoms with E-state index in [0.29, 0.717) is 30.2 Å². The number of benzene rings is 1. The molecule has 0 radical (unpaired) electrons. The number of nitriles is 1. The quantitative estimate of drug-likeness (QED) is 0.875. The molecule has 0 spiro atoms. The Balaban J connectivity index is 2.19. The highest BCUT2D eigenvalue weighted by Crippen LogP contribution is 2.35. The first-order chi connectivity index (χ1) is 10.6. The fourth-order valence-corrected chi connectivity index (χ4v) is 2.88. The molecule has 0 unspecified atom stereocenters. The number of nitrogens with one attached hydrogen (secondary N) is 1. The Morgan fingerprint density at radius 2 is 2.05 bits per heavy atom. The maximum absolute atomic E-state index is 12.6. The van der Waals surface area contributed by atoms with E-state index in [1.165, 1.54) is 0 Å². The number of carbonyl (C=O) groups excluding carboxylic acids is 1. The second kappa shape index (κ2) is 7.28. The third-order valence-electron chi connectivity index (χ3n) is 3.92. The van der Waals surface area contributed by atoms with Crippen LogP contribution in [0.15, 0.2) is 18.2 Å². The number of hydrogen-bond acceptors (Lipinski definition) is 4. The zero-order valence-electron chi connectivity index (χ0n) is 13.1. The van der Waals surface area contributed by atoms with E-state index < -0.39 is 5.60 Å². The van der Waals surface area contributed by atoms with Crippen LogP contribution in [0.2, 0.25) is 0 Å². The van der Waals surface area contributed by atoms with Crippen molar-refractivity contribution >= 4 is 11.6 Å². The molecule has 1 aliphatic carbocycles. The van der Waals surface area contributed by atoms with Gasteiger partial charge in [0.05, 0.1) is 17.9 Å². The van der Waals surface area contributed by atoms with Gasteiger partial charge in [0.25, 0.3) is 5.91 Å². The molecule has 1 amide bonds. The molecule has 1 aliphatic rings. The van der Waals surface area contributed by atoms with Crippen LogP contribution in [-0.2, 0) is 9.53 Å². The van der Waals surface area contributed by atoms with Crippen molar-refractivity contribution in [1.29, 1.82) is 5.26 Å². The van der Waals surface area contributed by atoms with Crippen LogP contribution < -0.4 is 10.1 Å². The van der Waals surface area contributed by atoms with E-state index in [9.17, 15) is 10.1 Å². The predicted molar refractivity (Wildman–Crippen MR) is 83.8 cm³/mol. The van der Waals surface area contributed by atoms with Gasteiger partial charge in [-0.15, -0.1) is 0 Å². The molecule has 0 saturated heterocycles. The van der Waals surface area contributed by atoms with Crippen molar-refractivity contribution in [3.8, 4) is 11.8 Å². The number of hydrogen-bond donors (Lipinski definition) is 1. The van der Waals surface area contributed by atoms with Gasteiger partial charge in [0.2, 0.25) is 0 Å².